The molecule has 1 aliphatic rings. The molecule has 0 spiro atoms. The number of carbonyl (C=O) groups excluding carboxylic acids is 2. The van der Waals surface area contributed by atoms with E-state index in [2.05, 4.69) is 4.98 Å². The molecule has 1 amide bonds. The van der Waals surface area contributed by atoms with Gasteiger partial charge in [-0.3, -0.25) is 9.59 Å². The van der Waals surface area contributed by atoms with Gasteiger partial charge >= 0.3 is 0 Å². The molecule has 1 aromatic carbocycles. The van der Waals surface area contributed by atoms with Gasteiger partial charge in [0.25, 0.3) is 0 Å². The minimum atomic E-state index is -3.82. The quantitative estimate of drug-likeness (QED) is 0.644. The van der Waals surface area contributed by atoms with Gasteiger partial charge in [-0.1, -0.05) is 11.6 Å². The molecule has 2 heterocycles. The van der Waals surface area contributed by atoms with Gasteiger partial charge in [-0.15, -0.1) is 0 Å². The van der Waals surface area contributed by atoms with Crippen LogP contribution in [-0.2, 0) is 20.4 Å². The summed E-state index contributed by atoms with van der Waals surface area (Å²) >= 11 is 5.96. The molecule has 0 N–H and O–H groups in total. The number of halogens is 1. The van der Waals surface area contributed by atoms with E-state index in [0.29, 0.717) is 5.56 Å². The number of hydrogen-bond acceptors (Lipinski definition) is 7. The van der Waals surface area contributed by atoms with Gasteiger partial charge in [0.2, 0.25) is 11.8 Å². The Hall–Kier alpha value is -2.65. The summed E-state index contributed by atoms with van der Waals surface area (Å²) in [4.78, 5) is 30.3. The van der Waals surface area contributed by atoms with Crippen molar-refractivity contribution in [1.29, 1.82) is 0 Å². The fourth-order valence-corrected chi connectivity index (χ4v) is 5.02. The lowest BCUT2D eigenvalue weighted by Crippen LogP contribution is -2.26. The highest BCUT2D eigenvalue weighted by atomic mass is 35.5. The van der Waals surface area contributed by atoms with Crippen molar-refractivity contribution in [3.63, 3.8) is 0 Å². The number of amides is 1. The molecule has 31 heavy (non-hydrogen) atoms. The van der Waals surface area contributed by atoms with Crippen molar-refractivity contribution in [3.05, 3.63) is 46.6 Å². The molecule has 0 saturated heterocycles. The third-order valence-electron chi connectivity index (χ3n) is 4.92. The van der Waals surface area contributed by atoms with E-state index in [4.69, 9.17) is 21.1 Å². The molecule has 1 aliphatic heterocycles. The van der Waals surface area contributed by atoms with Crippen LogP contribution >= 0.6 is 11.6 Å². The van der Waals surface area contributed by atoms with Gasteiger partial charge in [0, 0.05) is 44.1 Å². The number of carbonyl (C=O) groups is 2. The van der Waals surface area contributed by atoms with Crippen molar-refractivity contribution in [2.75, 3.05) is 27.8 Å². The molecule has 0 radical (unpaired) electrons. The molecule has 0 bridgehead atoms. The third kappa shape index (κ3) is 5.34. The summed E-state index contributed by atoms with van der Waals surface area (Å²) in [5, 5.41) is 0.265. The van der Waals surface area contributed by atoms with E-state index in [-0.39, 0.29) is 69.9 Å². The zero-order valence-electron chi connectivity index (χ0n) is 17.4. The van der Waals surface area contributed by atoms with Crippen LogP contribution in [0.15, 0.2) is 35.4 Å². The number of fused-ring (bicyclic) bond motifs is 1. The summed E-state index contributed by atoms with van der Waals surface area (Å²) in [6.07, 6.45) is 1.67. The maximum absolute atomic E-state index is 13.0. The number of ketones is 1. The summed E-state index contributed by atoms with van der Waals surface area (Å²) in [5.74, 6) is -0.677. The minimum Gasteiger partial charge on any atom is -0.495 e. The van der Waals surface area contributed by atoms with Gasteiger partial charge in [0.1, 0.15) is 10.6 Å². The van der Waals surface area contributed by atoms with Crippen LogP contribution in [0.5, 0.6) is 11.6 Å². The molecule has 0 fully saturated rings. The van der Waals surface area contributed by atoms with Crippen molar-refractivity contribution < 1.29 is 27.5 Å². The second kappa shape index (κ2) is 9.23. The van der Waals surface area contributed by atoms with Crippen LogP contribution in [0.1, 0.15) is 28.8 Å². The van der Waals surface area contributed by atoms with E-state index in [0.717, 1.165) is 0 Å². The standard InChI is InChI=1S/C21H23ClN2O6S/c1-24(2)20(26)8-13-7-17(25)16-6-14(10-23-21(16)30-11-13)12-31(27,28)19-9-15(22)4-5-18(19)29-3/h4-6,9-10,13H,7-8,11-12H2,1-3H3/t13-/m0/s1. The highest BCUT2D eigenvalue weighted by molar-refractivity contribution is 7.90. The Morgan fingerprint density at radius 3 is 2.74 bits per heavy atom. The third-order valence-corrected chi connectivity index (χ3v) is 6.86. The molecule has 166 valence electrons. The molecular formula is C21H23ClN2O6S. The minimum absolute atomic E-state index is 0.0396. The second-order valence-corrected chi connectivity index (χ2v) is 9.94. The maximum atomic E-state index is 13.0. The van der Waals surface area contributed by atoms with E-state index < -0.39 is 9.84 Å². The first-order valence-corrected chi connectivity index (χ1v) is 11.5. The number of sulfone groups is 1. The number of Topliss-reactive ketones (excluding diaryl/α,β-unsaturated/α-hetero) is 1. The highest BCUT2D eigenvalue weighted by Gasteiger charge is 2.28. The fraction of sp³-hybridized carbons (Fsp3) is 0.381. The smallest absolute Gasteiger partial charge is 0.224 e. The Bertz CT molecular complexity index is 1120. The first-order chi connectivity index (χ1) is 14.6. The molecule has 0 unspecified atom stereocenters. The van der Waals surface area contributed by atoms with Gasteiger partial charge in [0.15, 0.2) is 15.6 Å². The molecule has 0 aliphatic carbocycles. The lowest BCUT2D eigenvalue weighted by molar-refractivity contribution is -0.129. The SMILES string of the molecule is COc1ccc(Cl)cc1S(=O)(=O)Cc1cnc2c(c1)C(=O)C[C@@H](CC(=O)N(C)C)CO2. The van der Waals surface area contributed by atoms with Crippen LogP contribution in [-0.4, -0.2) is 57.8 Å². The number of rotatable bonds is 6. The van der Waals surface area contributed by atoms with E-state index in [1.165, 1.54) is 42.5 Å². The van der Waals surface area contributed by atoms with Crippen molar-refractivity contribution in [1.82, 2.24) is 9.88 Å². The first-order valence-electron chi connectivity index (χ1n) is 9.52. The zero-order chi connectivity index (χ0) is 22.8. The van der Waals surface area contributed by atoms with Crippen LogP contribution in [0.3, 0.4) is 0 Å². The number of benzene rings is 1. The highest BCUT2D eigenvalue weighted by Crippen LogP contribution is 2.31. The summed E-state index contributed by atoms with van der Waals surface area (Å²) in [6.45, 7) is 0.183. The summed E-state index contributed by atoms with van der Waals surface area (Å²) in [7, 11) is 0.860. The van der Waals surface area contributed by atoms with Crippen molar-refractivity contribution in [3.8, 4) is 11.6 Å². The Kier molecular flexibility index (Phi) is 6.86. The van der Waals surface area contributed by atoms with Gasteiger partial charge < -0.3 is 14.4 Å². The molecule has 3 rings (SSSR count). The summed E-state index contributed by atoms with van der Waals surface area (Å²) in [5.41, 5.74) is 0.547. The van der Waals surface area contributed by atoms with Crippen molar-refractivity contribution in [2.45, 2.75) is 23.5 Å². The summed E-state index contributed by atoms with van der Waals surface area (Å²) in [6, 6.07) is 5.83. The largest absolute Gasteiger partial charge is 0.495 e. The Balaban J connectivity index is 1.84. The molecule has 0 saturated carbocycles. The van der Waals surface area contributed by atoms with Crippen LogP contribution in [0.2, 0.25) is 5.02 Å². The first kappa shape index (κ1) is 23.0. The molecule has 1 aromatic heterocycles. The number of pyridine rings is 1. The van der Waals surface area contributed by atoms with E-state index >= 15 is 0 Å². The van der Waals surface area contributed by atoms with E-state index in [1.54, 1.807) is 14.1 Å². The average Bonchev–Trinajstić information content (AvgIpc) is 2.86. The normalized spacial score (nSPS) is 16.1. The number of aromatic nitrogens is 1. The predicted octanol–water partition coefficient (Wildman–Crippen LogP) is 2.78. The Morgan fingerprint density at radius 1 is 1.32 bits per heavy atom. The fourth-order valence-electron chi connectivity index (χ4n) is 3.27. The number of methoxy groups -OCH3 is 1. The van der Waals surface area contributed by atoms with Crippen LogP contribution in [0, 0.1) is 5.92 Å². The monoisotopic (exact) mass is 466 g/mol. The topological polar surface area (TPSA) is 103 Å². The van der Waals surface area contributed by atoms with Crippen LogP contribution in [0.25, 0.3) is 0 Å². The van der Waals surface area contributed by atoms with Crippen LogP contribution in [0.4, 0.5) is 0 Å². The number of ether oxygens (including phenoxy) is 2. The molecule has 10 heteroatoms. The van der Waals surface area contributed by atoms with Crippen molar-refractivity contribution in [2.24, 2.45) is 5.92 Å². The van der Waals surface area contributed by atoms with Gasteiger partial charge in [-0.25, -0.2) is 13.4 Å². The Morgan fingerprint density at radius 2 is 2.06 bits per heavy atom. The zero-order valence-corrected chi connectivity index (χ0v) is 19.0. The molecule has 2 aromatic rings. The average molecular weight is 467 g/mol. The molecular weight excluding hydrogens is 444 g/mol. The lowest BCUT2D eigenvalue weighted by atomic mass is 9.96. The second-order valence-electron chi connectivity index (χ2n) is 7.55. The van der Waals surface area contributed by atoms with E-state index in [9.17, 15) is 18.0 Å². The summed E-state index contributed by atoms with van der Waals surface area (Å²) < 4.78 is 36.7. The van der Waals surface area contributed by atoms with Crippen molar-refractivity contribution >= 4 is 33.1 Å². The lowest BCUT2D eigenvalue weighted by Gasteiger charge is -2.16. The van der Waals surface area contributed by atoms with Gasteiger partial charge in [0.05, 0.1) is 25.0 Å². The van der Waals surface area contributed by atoms with E-state index in [1.807, 2.05) is 0 Å². The number of nitrogens with zero attached hydrogens (tertiary/aromatic N) is 2. The van der Waals surface area contributed by atoms with Gasteiger partial charge in [-0.05, 0) is 29.8 Å². The van der Waals surface area contributed by atoms with Gasteiger partial charge in [-0.2, -0.15) is 0 Å². The number of hydrogen-bond donors (Lipinski definition) is 0. The molecule has 8 nitrogen and oxygen atoms in total. The maximum Gasteiger partial charge on any atom is 0.224 e. The molecule has 1 atom stereocenters. The predicted molar refractivity (Wildman–Crippen MR) is 114 cm³/mol. The van der Waals surface area contributed by atoms with Crippen LogP contribution < -0.4 is 9.47 Å². The Labute approximate surface area is 186 Å².